The summed E-state index contributed by atoms with van der Waals surface area (Å²) in [5.74, 6) is -0.0204. The highest BCUT2D eigenvalue weighted by Crippen LogP contribution is 2.25. The highest BCUT2D eigenvalue weighted by atomic mass is 79.9. The van der Waals surface area contributed by atoms with Crippen molar-refractivity contribution in [3.8, 4) is 0 Å². The molecule has 3 nitrogen and oxygen atoms in total. The number of nitrogens with two attached hydrogens (primary N) is 1. The number of hydrogen-bond donors (Lipinski definition) is 1. The number of aromatic nitrogens is 1. The van der Waals surface area contributed by atoms with Crippen molar-refractivity contribution < 1.29 is 4.79 Å². The largest absolute Gasteiger partial charge is 0.350 e. The van der Waals surface area contributed by atoms with Crippen LogP contribution in [-0.4, -0.2) is 16.4 Å². The van der Waals surface area contributed by atoms with E-state index in [0.29, 0.717) is 5.56 Å². The van der Waals surface area contributed by atoms with Gasteiger partial charge >= 0.3 is 0 Å². The van der Waals surface area contributed by atoms with E-state index in [9.17, 15) is 4.79 Å². The number of rotatable bonds is 2. The predicted octanol–water partition coefficient (Wildman–Crippen LogP) is 2.47. The van der Waals surface area contributed by atoms with Gasteiger partial charge in [-0.2, -0.15) is 0 Å². The summed E-state index contributed by atoms with van der Waals surface area (Å²) in [7, 11) is 1.92. The molecule has 2 rings (SSSR count). The molecule has 1 unspecified atom stereocenters. The van der Waals surface area contributed by atoms with Gasteiger partial charge in [0.15, 0.2) is 5.78 Å². The van der Waals surface area contributed by atoms with E-state index < -0.39 is 6.04 Å². The van der Waals surface area contributed by atoms with Crippen LogP contribution in [0, 0.1) is 0 Å². The van der Waals surface area contributed by atoms with Crippen LogP contribution in [0.25, 0.3) is 10.9 Å². The lowest BCUT2D eigenvalue weighted by atomic mass is 10.1. The number of carbonyl (C=O) groups is 1. The highest BCUT2D eigenvalue weighted by Gasteiger charge is 2.16. The fourth-order valence-electron chi connectivity index (χ4n) is 1.80. The minimum Gasteiger partial charge on any atom is -0.350 e. The van der Waals surface area contributed by atoms with Gasteiger partial charge in [-0.05, 0) is 19.1 Å². The van der Waals surface area contributed by atoms with Gasteiger partial charge in [-0.25, -0.2) is 0 Å². The number of carbonyl (C=O) groups excluding carboxylic acids is 1. The van der Waals surface area contributed by atoms with Crippen molar-refractivity contribution in [3.63, 3.8) is 0 Å². The van der Waals surface area contributed by atoms with Crippen molar-refractivity contribution in [3.05, 3.63) is 34.4 Å². The number of fused-ring (bicyclic) bond motifs is 1. The zero-order chi connectivity index (χ0) is 11.9. The number of hydrogen-bond acceptors (Lipinski definition) is 2. The van der Waals surface area contributed by atoms with Gasteiger partial charge in [-0.3, -0.25) is 4.79 Å². The molecule has 0 bridgehead atoms. The van der Waals surface area contributed by atoms with Crippen LogP contribution >= 0.6 is 15.9 Å². The van der Waals surface area contributed by atoms with E-state index in [1.807, 2.05) is 36.0 Å². The fraction of sp³-hybridized carbons (Fsp3) is 0.250. The maximum atomic E-state index is 11.9. The number of nitrogens with zero attached hydrogens (tertiary/aromatic N) is 1. The zero-order valence-electron chi connectivity index (χ0n) is 9.20. The molecule has 1 heterocycles. The Hall–Kier alpha value is -1.13. The first-order valence-electron chi connectivity index (χ1n) is 5.05. The predicted molar refractivity (Wildman–Crippen MR) is 68.6 cm³/mol. The van der Waals surface area contributed by atoms with Crippen LogP contribution in [0.4, 0.5) is 0 Å². The van der Waals surface area contributed by atoms with E-state index in [2.05, 4.69) is 15.9 Å². The summed E-state index contributed by atoms with van der Waals surface area (Å²) < 4.78 is 2.94. The molecule has 84 valence electrons. The Morgan fingerprint density at radius 3 is 2.81 bits per heavy atom. The van der Waals surface area contributed by atoms with E-state index in [0.717, 1.165) is 15.4 Å². The molecule has 4 heteroatoms. The van der Waals surface area contributed by atoms with Crippen LogP contribution in [0.2, 0.25) is 0 Å². The zero-order valence-corrected chi connectivity index (χ0v) is 10.8. The molecule has 0 fully saturated rings. The van der Waals surface area contributed by atoms with E-state index in [-0.39, 0.29) is 5.78 Å². The van der Waals surface area contributed by atoms with Gasteiger partial charge in [0, 0.05) is 34.2 Å². The summed E-state index contributed by atoms with van der Waals surface area (Å²) in [4.78, 5) is 11.9. The SMILES string of the molecule is CC(N)C(=O)c1cn(C)c2cc(Br)ccc12. The van der Waals surface area contributed by atoms with Gasteiger partial charge in [0.2, 0.25) is 0 Å². The van der Waals surface area contributed by atoms with Crippen molar-refractivity contribution in [2.45, 2.75) is 13.0 Å². The molecule has 0 spiro atoms. The fourth-order valence-corrected chi connectivity index (χ4v) is 2.15. The monoisotopic (exact) mass is 280 g/mol. The first-order chi connectivity index (χ1) is 7.50. The van der Waals surface area contributed by atoms with Crippen LogP contribution in [0.1, 0.15) is 17.3 Å². The van der Waals surface area contributed by atoms with Gasteiger partial charge in [0.1, 0.15) is 0 Å². The summed E-state index contributed by atoms with van der Waals surface area (Å²) in [6.45, 7) is 1.71. The van der Waals surface area contributed by atoms with Gasteiger partial charge < -0.3 is 10.3 Å². The van der Waals surface area contributed by atoms with E-state index in [4.69, 9.17) is 5.73 Å². The van der Waals surface area contributed by atoms with Gasteiger partial charge in [0.25, 0.3) is 0 Å². The molecule has 0 radical (unpaired) electrons. The first-order valence-corrected chi connectivity index (χ1v) is 5.84. The van der Waals surface area contributed by atoms with E-state index >= 15 is 0 Å². The third-order valence-corrected chi connectivity index (χ3v) is 3.12. The van der Waals surface area contributed by atoms with E-state index in [1.54, 1.807) is 6.92 Å². The van der Waals surface area contributed by atoms with E-state index in [1.165, 1.54) is 0 Å². The van der Waals surface area contributed by atoms with Crippen molar-refractivity contribution in [2.24, 2.45) is 12.8 Å². The Morgan fingerprint density at radius 2 is 2.19 bits per heavy atom. The van der Waals surface area contributed by atoms with Crippen molar-refractivity contribution in [1.82, 2.24) is 4.57 Å². The topological polar surface area (TPSA) is 48.0 Å². The minimum atomic E-state index is -0.464. The number of Topliss-reactive ketones (excluding diaryl/α,β-unsaturated/α-hetero) is 1. The smallest absolute Gasteiger partial charge is 0.181 e. The molecule has 0 saturated heterocycles. The third-order valence-electron chi connectivity index (χ3n) is 2.63. The van der Waals surface area contributed by atoms with Crippen LogP contribution in [0.15, 0.2) is 28.9 Å². The van der Waals surface area contributed by atoms with Crippen molar-refractivity contribution in [1.29, 1.82) is 0 Å². The van der Waals surface area contributed by atoms with Crippen LogP contribution in [-0.2, 0) is 7.05 Å². The lowest BCUT2D eigenvalue weighted by molar-refractivity contribution is 0.0969. The summed E-state index contributed by atoms with van der Waals surface area (Å²) in [6, 6.07) is 5.40. The summed E-state index contributed by atoms with van der Waals surface area (Å²) in [5, 5.41) is 0.952. The Balaban J connectivity index is 2.69. The lowest BCUT2D eigenvalue weighted by Crippen LogP contribution is -2.26. The molecule has 0 aliphatic rings. The second-order valence-electron chi connectivity index (χ2n) is 3.97. The molecule has 0 aliphatic carbocycles. The quantitative estimate of drug-likeness (QED) is 0.860. The molecule has 1 atom stereocenters. The Kier molecular flexibility index (Phi) is 2.86. The molecule has 0 aliphatic heterocycles. The number of ketones is 1. The molecule has 0 saturated carbocycles. The molecule has 1 aromatic carbocycles. The first kappa shape index (κ1) is 11.4. The van der Waals surface area contributed by atoms with Crippen molar-refractivity contribution in [2.75, 3.05) is 0 Å². The third kappa shape index (κ3) is 1.79. The van der Waals surface area contributed by atoms with Crippen LogP contribution in [0.3, 0.4) is 0 Å². The maximum Gasteiger partial charge on any atom is 0.181 e. The number of halogens is 1. The average molecular weight is 281 g/mol. The molecular weight excluding hydrogens is 268 g/mol. The van der Waals surface area contributed by atoms with Crippen LogP contribution < -0.4 is 5.73 Å². The molecule has 0 amide bonds. The second-order valence-corrected chi connectivity index (χ2v) is 4.88. The molecule has 2 aromatic rings. The standard InChI is InChI=1S/C12H13BrN2O/c1-7(14)12(16)10-6-15(2)11-5-8(13)3-4-9(10)11/h3-7H,14H2,1-2H3. The van der Waals surface area contributed by atoms with Crippen LogP contribution in [0.5, 0.6) is 0 Å². The maximum absolute atomic E-state index is 11.9. The Morgan fingerprint density at radius 1 is 1.50 bits per heavy atom. The molecule has 2 N–H and O–H groups in total. The molecular formula is C12H13BrN2O. The minimum absolute atomic E-state index is 0.0204. The number of aryl methyl sites for hydroxylation is 1. The van der Waals surface area contributed by atoms with Crippen molar-refractivity contribution >= 4 is 32.6 Å². The summed E-state index contributed by atoms with van der Waals surface area (Å²) >= 11 is 3.42. The molecule has 1 aromatic heterocycles. The van der Waals surface area contributed by atoms with Gasteiger partial charge in [-0.15, -0.1) is 0 Å². The Bertz CT molecular complexity index is 557. The lowest BCUT2D eigenvalue weighted by Gasteiger charge is -2.02. The molecule has 16 heavy (non-hydrogen) atoms. The van der Waals surface area contributed by atoms with Gasteiger partial charge in [-0.1, -0.05) is 22.0 Å². The number of benzene rings is 1. The summed E-state index contributed by atoms with van der Waals surface area (Å²) in [5.41, 5.74) is 7.35. The second kappa shape index (κ2) is 4.03. The van der Waals surface area contributed by atoms with Gasteiger partial charge in [0.05, 0.1) is 6.04 Å². The summed E-state index contributed by atoms with van der Waals surface area (Å²) in [6.07, 6.45) is 1.84. The average Bonchev–Trinajstić information content (AvgIpc) is 2.55. The normalized spacial score (nSPS) is 13.0. The highest BCUT2D eigenvalue weighted by molar-refractivity contribution is 9.10. The Labute approximate surface area is 102 Å².